The maximum atomic E-state index is 10.7. The molecule has 0 aliphatic carbocycles. The summed E-state index contributed by atoms with van der Waals surface area (Å²) in [5, 5.41) is 14.5. The SMILES string of the molecule is CSc1nc2ncnc(NCC(C)(O)c3cccc(Cl)c3)c2s1. The van der Waals surface area contributed by atoms with E-state index in [1.807, 2.05) is 18.4 Å². The summed E-state index contributed by atoms with van der Waals surface area (Å²) in [5.41, 5.74) is 0.339. The Bertz CT molecular complexity index is 837. The first kappa shape index (κ1) is 16.4. The van der Waals surface area contributed by atoms with Gasteiger partial charge in [-0.15, -0.1) is 11.3 Å². The molecule has 0 saturated heterocycles. The van der Waals surface area contributed by atoms with Crippen molar-refractivity contribution in [1.82, 2.24) is 15.0 Å². The summed E-state index contributed by atoms with van der Waals surface area (Å²) in [6.07, 6.45) is 3.45. The fourth-order valence-electron chi connectivity index (χ4n) is 2.13. The number of thiazole rings is 1. The molecule has 1 atom stereocenters. The largest absolute Gasteiger partial charge is 0.384 e. The van der Waals surface area contributed by atoms with Gasteiger partial charge in [0.15, 0.2) is 9.99 Å². The second-order valence-electron chi connectivity index (χ2n) is 5.20. The highest BCUT2D eigenvalue weighted by molar-refractivity contribution is 8.00. The van der Waals surface area contributed by atoms with E-state index in [2.05, 4.69) is 20.3 Å². The smallest absolute Gasteiger partial charge is 0.176 e. The topological polar surface area (TPSA) is 70.9 Å². The Kier molecular flexibility index (Phi) is 4.72. The van der Waals surface area contributed by atoms with E-state index < -0.39 is 5.60 Å². The van der Waals surface area contributed by atoms with E-state index in [1.54, 1.807) is 30.8 Å². The van der Waals surface area contributed by atoms with Crippen molar-refractivity contribution in [3.63, 3.8) is 0 Å². The first-order valence-corrected chi connectivity index (χ1v) is 9.29. The molecule has 1 unspecified atom stereocenters. The number of hydrogen-bond donors (Lipinski definition) is 2. The van der Waals surface area contributed by atoms with Crippen molar-refractivity contribution < 1.29 is 5.11 Å². The molecule has 2 heterocycles. The number of anilines is 1. The molecule has 1 aromatic carbocycles. The number of aliphatic hydroxyl groups is 1. The fraction of sp³-hybridized carbons (Fsp3) is 0.267. The van der Waals surface area contributed by atoms with E-state index in [0.29, 0.717) is 23.0 Å². The molecule has 0 radical (unpaired) electrons. The van der Waals surface area contributed by atoms with Crippen LogP contribution in [0.5, 0.6) is 0 Å². The van der Waals surface area contributed by atoms with Gasteiger partial charge in [-0.3, -0.25) is 0 Å². The summed E-state index contributed by atoms with van der Waals surface area (Å²) >= 11 is 9.11. The quantitative estimate of drug-likeness (QED) is 0.669. The number of thioether (sulfide) groups is 1. The van der Waals surface area contributed by atoms with E-state index in [9.17, 15) is 5.11 Å². The van der Waals surface area contributed by atoms with Gasteiger partial charge < -0.3 is 10.4 Å². The molecule has 0 spiro atoms. The first-order chi connectivity index (χ1) is 11.0. The Morgan fingerprint density at radius 2 is 2.22 bits per heavy atom. The minimum Gasteiger partial charge on any atom is -0.384 e. The minimum atomic E-state index is -1.07. The minimum absolute atomic E-state index is 0.298. The average Bonchev–Trinajstić information content (AvgIpc) is 2.96. The number of fused-ring (bicyclic) bond motifs is 1. The van der Waals surface area contributed by atoms with Crippen molar-refractivity contribution in [2.75, 3.05) is 18.1 Å². The van der Waals surface area contributed by atoms with Crippen LogP contribution in [-0.4, -0.2) is 32.9 Å². The van der Waals surface area contributed by atoms with Crippen LogP contribution in [0.3, 0.4) is 0 Å². The molecule has 0 aliphatic heterocycles. The monoisotopic (exact) mass is 366 g/mol. The Morgan fingerprint density at radius 1 is 1.39 bits per heavy atom. The van der Waals surface area contributed by atoms with Crippen molar-refractivity contribution in [2.24, 2.45) is 0 Å². The number of hydrogen-bond acceptors (Lipinski definition) is 7. The number of benzene rings is 1. The average molecular weight is 367 g/mol. The highest BCUT2D eigenvalue weighted by Gasteiger charge is 2.24. The van der Waals surface area contributed by atoms with E-state index >= 15 is 0 Å². The third-order valence-electron chi connectivity index (χ3n) is 3.39. The predicted octanol–water partition coefficient (Wildman–Crippen LogP) is 3.78. The molecule has 0 saturated carbocycles. The summed E-state index contributed by atoms with van der Waals surface area (Å²) in [6, 6.07) is 7.21. The molecule has 3 rings (SSSR count). The van der Waals surface area contributed by atoms with Crippen LogP contribution in [0.1, 0.15) is 12.5 Å². The van der Waals surface area contributed by atoms with Crippen molar-refractivity contribution >= 4 is 50.9 Å². The normalized spacial score (nSPS) is 13.9. The molecule has 0 amide bonds. The number of rotatable bonds is 5. The first-order valence-electron chi connectivity index (χ1n) is 6.87. The Labute approximate surface area is 147 Å². The molecule has 2 N–H and O–H groups in total. The van der Waals surface area contributed by atoms with Crippen molar-refractivity contribution in [2.45, 2.75) is 16.9 Å². The van der Waals surface area contributed by atoms with Crippen LogP contribution in [0.25, 0.3) is 10.3 Å². The Hall–Kier alpha value is -1.41. The second kappa shape index (κ2) is 6.60. The molecule has 0 fully saturated rings. The van der Waals surface area contributed by atoms with Crippen LogP contribution in [0, 0.1) is 0 Å². The molecule has 23 heavy (non-hydrogen) atoms. The van der Waals surface area contributed by atoms with Gasteiger partial charge in [0, 0.05) is 11.6 Å². The van der Waals surface area contributed by atoms with Crippen LogP contribution in [0.4, 0.5) is 5.82 Å². The Morgan fingerprint density at radius 3 is 2.96 bits per heavy atom. The molecule has 2 aromatic heterocycles. The highest BCUT2D eigenvalue weighted by atomic mass is 35.5. The van der Waals surface area contributed by atoms with Crippen molar-refractivity contribution in [3.8, 4) is 0 Å². The molecular formula is C15H15ClN4OS2. The summed E-state index contributed by atoms with van der Waals surface area (Å²) in [6.45, 7) is 2.04. The zero-order chi connectivity index (χ0) is 16.4. The number of aromatic nitrogens is 3. The van der Waals surface area contributed by atoms with Gasteiger partial charge in [0.1, 0.15) is 22.4 Å². The van der Waals surface area contributed by atoms with Crippen LogP contribution >= 0.6 is 34.7 Å². The maximum Gasteiger partial charge on any atom is 0.176 e. The summed E-state index contributed by atoms with van der Waals surface area (Å²) in [7, 11) is 0. The van der Waals surface area contributed by atoms with Crippen molar-refractivity contribution in [3.05, 3.63) is 41.2 Å². The van der Waals surface area contributed by atoms with Gasteiger partial charge in [0.05, 0.1) is 0 Å². The second-order valence-corrected chi connectivity index (χ2v) is 7.69. The van der Waals surface area contributed by atoms with E-state index in [4.69, 9.17) is 11.6 Å². The van der Waals surface area contributed by atoms with Crippen LogP contribution in [0.2, 0.25) is 5.02 Å². The lowest BCUT2D eigenvalue weighted by Crippen LogP contribution is -2.31. The number of halogens is 1. The summed E-state index contributed by atoms with van der Waals surface area (Å²) in [5.74, 6) is 0.676. The molecule has 120 valence electrons. The third-order valence-corrected chi connectivity index (χ3v) is 5.66. The van der Waals surface area contributed by atoms with E-state index in [-0.39, 0.29) is 0 Å². The van der Waals surface area contributed by atoms with Crippen LogP contribution in [0.15, 0.2) is 34.9 Å². The lowest BCUT2D eigenvalue weighted by atomic mass is 9.96. The molecule has 0 aliphatic rings. The van der Waals surface area contributed by atoms with Gasteiger partial charge in [-0.2, -0.15) is 0 Å². The predicted molar refractivity (Wildman–Crippen MR) is 96.5 cm³/mol. The molecule has 5 nitrogen and oxygen atoms in total. The van der Waals surface area contributed by atoms with Crippen LogP contribution < -0.4 is 5.32 Å². The van der Waals surface area contributed by atoms with Gasteiger partial charge >= 0.3 is 0 Å². The summed E-state index contributed by atoms with van der Waals surface area (Å²) < 4.78 is 1.82. The van der Waals surface area contributed by atoms with Crippen LogP contribution in [-0.2, 0) is 5.60 Å². The zero-order valence-corrected chi connectivity index (χ0v) is 15.0. The van der Waals surface area contributed by atoms with Gasteiger partial charge in [-0.05, 0) is 30.9 Å². The maximum absolute atomic E-state index is 10.7. The standard InChI is InChI=1S/C15H15ClN4OS2/c1-15(21,9-4-3-5-10(16)6-9)7-17-12-11-13(19-8-18-12)20-14(22-2)23-11/h3-6,8,21H,7H2,1-2H3,(H,17,18,19). The van der Waals surface area contributed by atoms with E-state index in [0.717, 1.165) is 14.6 Å². The lowest BCUT2D eigenvalue weighted by Gasteiger charge is -2.24. The molecule has 8 heteroatoms. The van der Waals surface area contributed by atoms with Gasteiger partial charge in [-0.1, -0.05) is 35.5 Å². The molecule has 3 aromatic rings. The third kappa shape index (κ3) is 3.58. The zero-order valence-electron chi connectivity index (χ0n) is 12.6. The van der Waals surface area contributed by atoms with Gasteiger partial charge in [0.2, 0.25) is 0 Å². The fourth-order valence-corrected chi connectivity index (χ4v) is 3.80. The lowest BCUT2D eigenvalue weighted by molar-refractivity contribution is 0.0715. The summed E-state index contributed by atoms with van der Waals surface area (Å²) in [4.78, 5) is 12.9. The highest BCUT2D eigenvalue weighted by Crippen LogP contribution is 2.31. The number of nitrogens with one attached hydrogen (secondary N) is 1. The van der Waals surface area contributed by atoms with E-state index in [1.165, 1.54) is 17.7 Å². The molecular weight excluding hydrogens is 352 g/mol. The Balaban J connectivity index is 1.84. The van der Waals surface area contributed by atoms with Crippen molar-refractivity contribution in [1.29, 1.82) is 0 Å². The molecule has 0 bridgehead atoms. The number of nitrogens with zero attached hydrogens (tertiary/aromatic N) is 3. The van der Waals surface area contributed by atoms with Gasteiger partial charge in [0.25, 0.3) is 0 Å². The van der Waals surface area contributed by atoms with Gasteiger partial charge in [-0.25, -0.2) is 15.0 Å².